The van der Waals surface area contributed by atoms with E-state index >= 15 is 0 Å². The molecule has 0 saturated carbocycles. The minimum Gasteiger partial charge on any atom is -0.481 e. The minimum absolute atomic E-state index is 0.0113. The van der Waals surface area contributed by atoms with Gasteiger partial charge in [0.25, 0.3) is 0 Å². The van der Waals surface area contributed by atoms with Crippen LogP contribution in [-0.2, 0) is 16.0 Å². The first-order valence-corrected chi connectivity index (χ1v) is 7.73. The summed E-state index contributed by atoms with van der Waals surface area (Å²) in [7, 11) is 0. The number of rotatable bonds is 3. The minimum atomic E-state index is -0.732. The van der Waals surface area contributed by atoms with Gasteiger partial charge in [-0.1, -0.05) is 24.3 Å². The number of likely N-dealkylation sites (tertiary alicyclic amines) is 1. The van der Waals surface area contributed by atoms with Gasteiger partial charge < -0.3 is 10.0 Å². The summed E-state index contributed by atoms with van der Waals surface area (Å²) in [5.74, 6) is -0.266. The Morgan fingerprint density at radius 1 is 1.14 bits per heavy atom. The Morgan fingerprint density at radius 2 is 1.86 bits per heavy atom. The molecular formula is C17H21NO3. The molecule has 112 valence electrons. The number of aliphatic carboxylic acids is 1. The van der Waals surface area contributed by atoms with Gasteiger partial charge in [0.2, 0.25) is 5.91 Å². The van der Waals surface area contributed by atoms with Crippen LogP contribution in [0.25, 0.3) is 0 Å². The second-order valence-electron chi connectivity index (χ2n) is 6.16. The molecule has 1 heterocycles. The summed E-state index contributed by atoms with van der Waals surface area (Å²) < 4.78 is 0. The van der Waals surface area contributed by atoms with Crippen LogP contribution in [0.2, 0.25) is 0 Å². The van der Waals surface area contributed by atoms with E-state index in [2.05, 4.69) is 12.1 Å². The van der Waals surface area contributed by atoms with Crippen molar-refractivity contribution >= 4 is 11.9 Å². The molecule has 0 radical (unpaired) electrons. The molecule has 1 N–H and O–H groups in total. The molecule has 0 spiro atoms. The first-order chi connectivity index (χ1) is 10.1. The van der Waals surface area contributed by atoms with Gasteiger partial charge in [-0.3, -0.25) is 9.59 Å². The zero-order chi connectivity index (χ0) is 14.8. The van der Waals surface area contributed by atoms with Gasteiger partial charge in [0.15, 0.2) is 0 Å². The van der Waals surface area contributed by atoms with Crippen molar-refractivity contribution in [1.29, 1.82) is 0 Å². The number of carboxylic acids is 1. The van der Waals surface area contributed by atoms with Gasteiger partial charge in [-0.05, 0) is 42.7 Å². The fourth-order valence-corrected chi connectivity index (χ4v) is 3.64. The molecule has 0 bridgehead atoms. The standard InChI is InChI=1S/C17H21NO3/c19-16(20)11-12-7-9-18(10-8-12)17(21)15-6-5-13-3-1-2-4-14(13)15/h1-4,12,15H,5-11H2,(H,19,20). The molecule has 1 aromatic rings. The number of aryl methyl sites for hydroxylation is 1. The van der Waals surface area contributed by atoms with E-state index in [0.717, 1.165) is 25.7 Å². The monoisotopic (exact) mass is 287 g/mol. The van der Waals surface area contributed by atoms with Crippen molar-refractivity contribution in [2.24, 2.45) is 5.92 Å². The lowest BCUT2D eigenvalue weighted by Crippen LogP contribution is -2.41. The number of carboxylic acid groups (broad SMARTS) is 1. The summed E-state index contributed by atoms with van der Waals surface area (Å²) >= 11 is 0. The highest BCUT2D eigenvalue weighted by atomic mass is 16.4. The van der Waals surface area contributed by atoms with Crippen LogP contribution >= 0.6 is 0 Å². The molecule has 1 aliphatic heterocycles. The van der Waals surface area contributed by atoms with Crippen molar-refractivity contribution in [3.63, 3.8) is 0 Å². The molecular weight excluding hydrogens is 266 g/mol. The predicted octanol–water partition coefficient (Wildman–Crippen LogP) is 2.43. The Kier molecular flexibility index (Phi) is 3.95. The average molecular weight is 287 g/mol. The molecule has 1 atom stereocenters. The van der Waals surface area contributed by atoms with E-state index in [9.17, 15) is 9.59 Å². The molecule has 1 saturated heterocycles. The molecule has 4 nitrogen and oxygen atoms in total. The van der Waals surface area contributed by atoms with Gasteiger partial charge in [0, 0.05) is 19.5 Å². The van der Waals surface area contributed by atoms with Gasteiger partial charge >= 0.3 is 5.97 Å². The number of carbonyl (C=O) groups excluding carboxylic acids is 1. The van der Waals surface area contributed by atoms with E-state index in [-0.39, 0.29) is 24.2 Å². The summed E-state index contributed by atoms with van der Waals surface area (Å²) in [6.07, 6.45) is 3.75. The molecule has 1 aliphatic carbocycles. The van der Waals surface area contributed by atoms with Crippen molar-refractivity contribution in [2.75, 3.05) is 13.1 Å². The van der Waals surface area contributed by atoms with Crippen molar-refractivity contribution in [3.05, 3.63) is 35.4 Å². The summed E-state index contributed by atoms with van der Waals surface area (Å²) in [5, 5.41) is 8.84. The number of piperidine rings is 1. The largest absolute Gasteiger partial charge is 0.481 e. The maximum Gasteiger partial charge on any atom is 0.303 e. The number of carbonyl (C=O) groups is 2. The highest BCUT2D eigenvalue weighted by Crippen LogP contribution is 2.35. The van der Waals surface area contributed by atoms with E-state index in [1.807, 2.05) is 17.0 Å². The lowest BCUT2D eigenvalue weighted by Gasteiger charge is -2.33. The summed E-state index contributed by atoms with van der Waals surface area (Å²) in [5.41, 5.74) is 2.49. The number of nitrogens with zero attached hydrogens (tertiary/aromatic N) is 1. The number of hydrogen-bond acceptors (Lipinski definition) is 2. The van der Waals surface area contributed by atoms with Crippen LogP contribution in [0.15, 0.2) is 24.3 Å². The maximum absolute atomic E-state index is 12.7. The highest BCUT2D eigenvalue weighted by molar-refractivity contribution is 5.85. The smallest absolute Gasteiger partial charge is 0.303 e. The number of fused-ring (bicyclic) bond motifs is 1. The fourth-order valence-electron chi connectivity index (χ4n) is 3.64. The second-order valence-corrected chi connectivity index (χ2v) is 6.16. The van der Waals surface area contributed by atoms with Crippen LogP contribution in [-0.4, -0.2) is 35.0 Å². The quantitative estimate of drug-likeness (QED) is 0.929. The van der Waals surface area contributed by atoms with Crippen LogP contribution in [0.1, 0.15) is 42.7 Å². The van der Waals surface area contributed by atoms with Gasteiger partial charge in [-0.2, -0.15) is 0 Å². The van der Waals surface area contributed by atoms with E-state index in [4.69, 9.17) is 5.11 Å². The van der Waals surface area contributed by atoms with Crippen molar-refractivity contribution in [1.82, 2.24) is 4.90 Å². The maximum atomic E-state index is 12.7. The van der Waals surface area contributed by atoms with Crippen LogP contribution in [0.4, 0.5) is 0 Å². The van der Waals surface area contributed by atoms with Crippen LogP contribution in [0.5, 0.6) is 0 Å². The Bertz CT molecular complexity index is 547. The number of benzene rings is 1. The SMILES string of the molecule is O=C(O)CC1CCN(C(=O)C2CCc3ccccc32)CC1. The normalized spacial score (nSPS) is 22.1. The molecule has 1 amide bonds. The first kappa shape index (κ1) is 14.1. The van der Waals surface area contributed by atoms with Gasteiger partial charge in [0.05, 0.1) is 5.92 Å². The second kappa shape index (κ2) is 5.88. The molecule has 21 heavy (non-hydrogen) atoms. The molecule has 1 aromatic carbocycles. The topological polar surface area (TPSA) is 57.6 Å². The van der Waals surface area contributed by atoms with Gasteiger partial charge in [-0.25, -0.2) is 0 Å². The van der Waals surface area contributed by atoms with Crippen LogP contribution < -0.4 is 0 Å². The lowest BCUT2D eigenvalue weighted by atomic mass is 9.92. The van der Waals surface area contributed by atoms with Crippen LogP contribution in [0, 0.1) is 5.92 Å². The van der Waals surface area contributed by atoms with E-state index in [0.29, 0.717) is 13.1 Å². The zero-order valence-corrected chi connectivity index (χ0v) is 12.1. The third kappa shape index (κ3) is 2.94. The molecule has 0 aromatic heterocycles. The predicted molar refractivity (Wildman–Crippen MR) is 79.1 cm³/mol. The average Bonchev–Trinajstić information content (AvgIpc) is 2.90. The van der Waals surface area contributed by atoms with Crippen molar-refractivity contribution in [3.8, 4) is 0 Å². The third-order valence-corrected chi connectivity index (χ3v) is 4.82. The summed E-state index contributed by atoms with van der Waals surface area (Å²) in [6.45, 7) is 1.41. The molecule has 4 heteroatoms. The number of hydrogen-bond donors (Lipinski definition) is 1. The Morgan fingerprint density at radius 3 is 2.57 bits per heavy atom. The van der Waals surface area contributed by atoms with Crippen LogP contribution in [0.3, 0.4) is 0 Å². The molecule has 3 rings (SSSR count). The molecule has 2 aliphatic rings. The molecule has 1 unspecified atom stereocenters. The van der Waals surface area contributed by atoms with Gasteiger partial charge in [-0.15, -0.1) is 0 Å². The Balaban J connectivity index is 1.62. The van der Waals surface area contributed by atoms with E-state index < -0.39 is 5.97 Å². The third-order valence-electron chi connectivity index (χ3n) is 4.82. The fraction of sp³-hybridized carbons (Fsp3) is 0.529. The Labute approximate surface area is 124 Å². The van der Waals surface area contributed by atoms with Crippen molar-refractivity contribution < 1.29 is 14.7 Å². The zero-order valence-electron chi connectivity index (χ0n) is 12.1. The first-order valence-electron chi connectivity index (χ1n) is 7.73. The number of amides is 1. The summed E-state index contributed by atoms with van der Waals surface area (Å²) in [4.78, 5) is 25.4. The van der Waals surface area contributed by atoms with Crippen molar-refractivity contribution in [2.45, 2.75) is 38.0 Å². The Hall–Kier alpha value is -1.84. The van der Waals surface area contributed by atoms with Gasteiger partial charge in [0.1, 0.15) is 0 Å². The summed E-state index contributed by atoms with van der Waals surface area (Å²) in [6, 6.07) is 8.22. The lowest BCUT2D eigenvalue weighted by molar-refractivity contribution is -0.138. The molecule has 1 fully saturated rings. The highest BCUT2D eigenvalue weighted by Gasteiger charge is 2.33. The van der Waals surface area contributed by atoms with E-state index in [1.54, 1.807) is 0 Å². The van der Waals surface area contributed by atoms with E-state index in [1.165, 1.54) is 11.1 Å².